The molecule has 0 fully saturated rings. The minimum absolute atomic E-state index is 0.421. The van der Waals surface area contributed by atoms with Crippen molar-refractivity contribution in [2.75, 3.05) is 0 Å². The molecule has 0 amide bonds. The van der Waals surface area contributed by atoms with Crippen molar-refractivity contribution in [3.05, 3.63) is 0 Å². The third kappa shape index (κ3) is 4.57. The van der Waals surface area contributed by atoms with Crippen LogP contribution < -0.4 is 5.14 Å². The lowest BCUT2D eigenvalue weighted by molar-refractivity contribution is 1.62. The highest BCUT2D eigenvalue weighted by atomic mass is 14.6. The standard InChI is InChI=1S/B7HN/c1-5-7(4)8-6(2)3/h8H. The smallest absolute Gasteiger partial charge is 0.102 e. The first-order chi connectivity index (χ1) is 3.66. The Hall–Kier alpha value is 0.415. The fraction of sp³-hybridized carbons (Fsp3) is 0. The minimum Gasteiger partial charge on any atom is -0.425 e. The van der Waals surface area contributed by atoms with E-state index in [9.17, 15) is 0 Å². The molecule has 9 radical (unpaired) electrons. The molecule has 0 spiro atoms. The maximum absolute atomic E-state index is 5.22. The molecule has 0 aromatic heterocycles. The molecular weight excluding hydrogens is 89.7 g/mol. The first-order valence-electron chi connectivity index (χ1n) is 2.24. The Morgan fingerprint density at radius 3 is 1.88 bits per heavy atom. The zero-order chi connectivity index (χ0) is 6.57. The molecule has 0 rings (SSSR count). The maximum Gasteiger partial charge on any atom is 0.102 e. The topological polar surface area (TPSA) is 12.0 Å². The molecule has 0 aliphatic carbocycles. The van der Waals surface area contributed by atoms with Crippen molar-refractivity contribution in [2.24, 2.45) is 0 Å². The van der Waals surface area contributed by atoms with Crippen molar-refractivity contribution in [3.8, 4) is 0 Å². The molecule has 0 saturated heterocycles. The van der Waals surface area contributed by atoms with Gasteiger partial charge in [0.2, 0.25) is 0 Å². The van der Waals surface area contributed by atoms with Crippen molar-refractivity contribution in [1.29, 1.82) is 0 Å². The van der Waals surface area contributed by atoms with Crippen LogP contribution in [0.15, 0.2) is 0 Å². The van der Waals surface area contributed by atoms with Crippen LogP contribution in [0.1, 0.15) is 0 Å². The monoisotopic (exact) mass is 92.1 g/mol. The highest BCUT2D eigenvalue weighted by Crippen LogP contribution is 1.60. The third-order valence-electron chi connectivity index (χ3n) is 0.592. The Morgan fingerprint density at radius 2 is 1.75 bits per heavy atom. The Kier molecular flexibility index (Phi) is 4.53. The van der Waals surface area contributed by atoms with Gasteiger partial charge in [0.25, 0.3) is 0 Å². The predicted octanol–water partition coefficient (Wildman–Crippen LogP) is -3.16. The fourth-order valence-electron chi connectivity index (χ4n) is 0.278. The molecule has 0 aliphatic heterocycles. The van der Waals surface area contributed by atoms with Gasteiger partial charge in [0, 0.05) is 38.0 Å². The predicted molar refractivity (Wildman–Crippen MR) is 43.4 cm³/mol. The van der Waals surface area contributed by atoms with Crippen LogP contribution in [0, 0.1) is 0 Å². The summed E-state index contributed by atoms with van der Waals surface area (Å²) in [4.78, 5) is 0. The molecule has 0 saturated carbocycles. The molecular formula is HB7N. The first-order valence-corrected chi connectivity index (χ1v) is 2.24. The largest absolute Gasteiger partial charge is 0.425 e. The normalized spacial score (nSPS) is 8.00. The Bertz CT molecular complexity index is 50.3. The van der Waals surface area contributed by atoms with Gasteiger partial charge in [-0.15, -0.1) is 0 Å². The van der Waals surface area contributed by atoms with Gasteiger partial charge in [-0.2, -0.15) is 0 Å². The van der Waals surface area contributed by atoms with Gasteiger partial charge < -0.3 is 5.14 Å². The molecule has 0 aliphatic rings. The van der Waals surface area contributed by atoms with E-state index in [0.29, 0.717) is 0 Å². The lowest BCUT2D eigenvalue weighted by atomic mass is 9.07. The van der Waals surface area contributed by atoms with Gasteiger partial charge in [-0.05, 0) is 0 Å². The molecule has 0 aromatic carbocycles. The SMILES string of the molecule is [B][B]B([B])NB([B])[B]. The zero-order valence-corrected chi connectivity index (χ0v) is 4.54. The highest BCUT2D eigenvalue weighted by Gasteiger charge is 2.02. The van der Waals surface area contributed by atoms with E-state index >= 15 is 0 Å². The van der Waals surface area contributed by atoms with Gasteiger partial charge in [0.05, 0.1) is 0 Å². The summed E-state index contributed by atoms with van der Waals surface area (Å²) in [5.74, 6) is 0. The fourth-order valence-corrected chi connectivity index (χ4v) is 0.278. The number of nitrogens with one attached hydrogen (secondary N) is 1. The molecule has 0 aromatic rings. The Morgan fingerprint density at radius 1 is 1.25 bits per heavy atom. The summed E-state index contributed by atoms with van der Waals surface area (Å²) in [5, 5.41) is 2.55. The molecule has 1 nitrogen and oxygen atoms in total. The van der Waals surface area contributed by atoms with E-state index in [1.54, 1.807) is 0 Å². The minimum atomic E-state index is -0.607. The van der Waals surface area contributed by atoms with E-state index in [0.717, 1.165) is 0 Å². The van der Waals surface area contributed by atoms with E-state index in [4.69, 9.17) is 30.9 Å². The van der Waals surface area contributed by atoms with Gasteiger partial charge in [-0.1, -0.05) is 0 Å². The van der Waals surface area contributed by atoms with Crippen molar-refractivity contribution < 1.29 is 0 Å². The number of hydrogen-bond donors (Lipinski definition) is 1. The van der Waals surface area contributed by atoms with Crippen LogP contribution in [0.5, 0.6) is 0 Å². The van der Waals surface area contributed by atoms with Crippen molar-refractivity contribution in [1.82, 2.24) is 5.14 Å². The van der Waals surface area contributed by atoms with Crippen LogP contribution >= 0.6 is 0 Å². The van der Waals surface area contributed by atoms with E-state index in [2.05, 4.69) is 5.14 Å². The van der Waals surface area contributed by atoms with E-state index in [1.807, 2.05) is 0 Å². The first kappa shape index (κ1) is 8.41. The second kappa shape index (κ2) is 4.31. The maximum atomic E-state index is 5.22. The zero-order valence-electron chi connectivity index (χ0n) is 4.54. The Labute approximate surface area is 57.1 Å². The van der Waals surface area contributed by atoms with Gasteiger partial charge >= 0.3 is 0 Å². The second-order valence-corrected chi connectivity index (χ2v) is 1.41. The van der Waals surface area contributed by atoms with E-state index in [1.165, 1.54) is 7.06 Å². The highest BCUT2D eigenvalue weighted by molar-refractivity contribution is 7.49. The van der Waals surface area contributed by atoms with E-state index < -0.39 is 13.3 Å². The summed E-state index contributed by atoms with van der Waals surface area (Å²) in [7, 11) is 21.6. The average Bonchev–Trinajstić information content (AvgIpc) is 1.65. The lowest BCUT2D eigenvalue weighted by Gasteiger charge is -2.10. The van der Waals surface area contributed by atoms with Gasteiger partial charge in [0.15, 0.2) is 0 Å². The summed E-state index contributed by atoms with van der Waals surface area (Å²) >= 11 is 0. The van der Waals surface area contributed by atoms with Crippen LogP contribution in [0.2, 0.25) is 0 Å². The molecule has 8 heavy (non-hydrogen) atoms. The lowest BCUT2D eigenvalue weighted by Crippen LogP contribution is -2.50. The van der Waals surface area contributed by atoms with Crippen molar-refractivity contribution in [2.45, 2.75) is 0 Å². The van der Waals surface area contributed by atoms with Crippen LogP contribution in [-0.4, -0.2) is 51.3 Å². The quantitative estimate of drug-likeness (QED) is 0.361. The molecule has 0 heterocycles. The number of rotatable bonds is 3. The van der Waals surface area contributed by atoms with Gasteiger partial charge in [-0.3, -0.25) is 0 Å². The molecule has 0 bridgehead atoms. The molecule has 0 unspecified atom stereocenters. The molecule has 1 N–H and O–H groups in total. The van der Waals surface area contributed by atoms with Crippen LogP contribution in [0.3, 0.4) is 0 Å². The molecule has 0 atom stereocenters. The number of hydrogen-bond acceptors (Lipinski definition) is 1. The van der Waals surface area contributed by atoms with Crippen LogP contribution in [0.4, 0.5) is 0 Å². The summed E-state index contributed by atoms with van der Waals surface area (Å²) in [6.07, 6.45) is 0. The summed E-state index contributed by atoms with van der Waals surface area (Å²) in [6.45, 7) is -1.03. The molecule has 8 heteroatoms. The van der Waals surface area contributed by atoms with Gasteiger partial charge in [-0.25, -0.2) is 0 Å². The van der Waals surface area contributed by atoms with Crippen LogP contribution in [-0.2, 0) is 0 Å². The van der Waals surface area contributed by atoms with Crippen molar-refractivity contribution >= 4 is 51.3 Å². The molecule has 27 valence electrons. The summed E-state index contributed by atoms with van der Waals surface area (Å²) in [5.41, 5.74) is 0. The summed E-state index contributed by atoms with van der Waals surface area (Å²) < 4.78 is 0. The average molecular weight is 90.7 g/mol. The van der Waals surface area contributed by atoms with Crippen LogP contribution in [0.25, 0.3) is 0 Å². The van der Waals surface area contributed by atoms with Crippen molar-refractivity contribution in [3.63, 3.8) is 0 Å². The van der Waals surface area contributed by atoms with Gasteiger partial charge in [0.1, 0.15) is 13.3 Å². The Balaban J connectivity index is 3.10. The third-order valence-corrected chi connectivity index (χ3v) is 0.592. The van der Waals surface area contributed by atoms with E-state index in [-0.39, 0.29) is 0 Å². The second-order valence-electron chi connectivity index (χ2n) is 1.41. The summed E-state index contributed by atoms with van der Waals surface area (Å²) in [6, 6.07) is 0.